The van der Waals surface area contributed by atoms with Crippen LogP contribution in [0.3, 0.4) is 0 Å². The van der Waals surface area contributed by atoms with Gasteiger partial charge in [-0.15, -0.1) is 0 Å². The van der Waals surface area contributed by atoms with Gasteiger partial charge in [0.25, 0.3) is 0 Å². The molecule has 2 rings (SSSR count). The molecule has 2 heterocycles. The molecule has 0 aromatic rings. The minimum Gasteiger partial charge on any atom is -0.392 e. The third-order valence-electron chi connectivity index (χ3n) is 2.90. The summed E-state index contributed by atoms with van der Waals surface area (Å²) in [6, 6.07) is 0. The summed E-state index contributed by atoms with van der Waals surface area (Å²) >= 11 is 3.91. The van der Waals surface area contributed by atoms with Gasteiger partial charge >= 0.3 is 0 Å². The van der Waals surface area contributed by atoms with Crippen molar-refractivity contribution in [2.45, 2.75) is 24.2 Å². The molecule has 1 N–H and O–H groups in total. The van der Waals surface area contributed by atoms with E-state index in [9.17, 15) is 5.11 Å². The van der Waals surface area contributed by atoms with Crippen LogP contribution in [0.25, 0.3) is 0 Å². The summed E-state index contributed by atoms with van der Waals surface area (Å²) < 4.78 is 5.42. The summed E-state index contributed by atoms with van der Waals surface area (Å²) in [5.74, 6) is 3.94. The van der Waals surface area contributed by atoms with Gasteiger partial charge in [0.15, 0.2) is 0 Å². The predicted octanol–water partition coefficient (Wildman–Crippen LogP) is 1.62. The predicted molar refractivity (Wildman–Crippen MR) is 63.1 cm³/mol. The molecule has 0 saturated carbocycles. The van der Waals surface area contributed by atoms with Crippen molar-refractivity contribution >= 4 is 23.5 Å². The molecule has 0 aliphatic carbocycles. The number of aliphatic hydroxyl groups is 1. The molecule has 4 heteroatoms. The molecule has 0 aromatic carbocycles. The van der Waals surface area contributed by atoms with Gasteiger partial charge in [0.2, 0.25) is 0 Å². The molecule has 3 unspecified atom stereocenters. The highest BCUT2D eigenvalue weighted by atomic mass is 32.2. The van der Waals surface area contributed by atoms with Crippen LogP contribution in [-0.4, -0.2) is 46.9 Å². The highest BCUT2D eigenvalue weighted by molar-refractivity contribution is 8.06. The normalized spacial score (nSPS) is 36.6. The maximum Gasteiger partial charge on any atom is 0.0716 e. The van der Waals surface area contributed by atoms with E-state index >= 15 is 0 Å². The van der Waals surface area contributed by atoms with E-state index in [1.54, 1.807) is 0 Å². The Balaban J connectivity index is 1.82. The Bertz CT molecular complexity index is 148. The van der Waals surface area contributed by atoms with Crippen molar-refractivity contribution in [1.29, 1.82) is 0 Å². The van der Waals surface area contributed by atoms with Crippen molar-refractivity contribution < 1.29 is 9.84 Å². The summed E-state index contributed by atoms with van der Waals surface area (Å²) in [5, 5.41) is 10.6. The minimum atomic E-state index is -0.145. The molecule has 82 valence electrons. The average Bonchev–Trinajstić information content (AvgIpc) is 2.30. The van der Waals surface area contributed by atoms with Gasteiger partial charge in [0.05, 0.1) is 12.7 Å². The second kappa shape index (κ2) is 5.64. The lowest BCUT2D eigenvalue weighted by molar-refractivity contribution is -0.00748. The van der Waals surface area contributed by atoms with E-state index < -0.39 is 0 Å². The second-order valence-corrected chi connectivity index (χ2v) is 6.45. The van der Waals surface area contributed by atoms with Gasteiger partial charge in [-0.2, -0.15) is 23.5 Å². The Morgan fingerprint density at radius 3 is 2.93 bits per heavy atom. The summed E-state index contributed by atoms with van der Waals surface area (Å²) in [6.45, 7) is 1.65. The monoisotopic (exact) mass is 234 g/mol. The molecule has 2 saturated heterocycles. The zero-order chi connectivity index (χ0) is 9.80. The Kier molecular flexibility index (Phi) is 4.47. The van der Waals surface area contributed by atoms with Crippen LogP contribution >= 0.6 is 23.5 Å². The van der Waals surface area contributed by atoms with Gasteiger partial charge in [-0.3, -0.25) is 0 Å². The zero-order valence-electron chi connectivity index (χ0n) is 8.35. The van der Waals surface area contributed by atoms with E-state index in [1.165, 1.54) is 11.5 Å². The Morgan fingerprint density at radius 1 is 1.36 bits per heavy atom. The number of thioether (sulfide) groups is 2. The smallest absolute Gasteiger partial charge is 0.0716 e. The fourth-order valence-electron chi connectivity index (χ4n) is 2.04. The van der Waals surface area contributed by atoms with Crippen LogP contribution in [0.2, 0.25) is 0 Å². The lowest BCUT2D eigenvalue weighted by Crippen LogP contribution is -2.39. The van der Waals surface area contributed by atoms with E-state index in [2.05, 4.69) is 0 Å². The van der Waals surface area contributed by atoms with Crippen LogP contribution < -0.4 is 0 Å². The highest BCUT2D eigenvalue weighted by Crippen LogP contribution is 2.31. The first-order chi connectivity index (χ1) is 6.88. The van der Waals surface area contributed by atoms with Crippen LogP contribution in [0.1, 0.15) is 12.8 Å². The summed E-state index contributed by atoms with van der Waals surface area (Å²) in [6.07, 6.45) is 2.11. The molecule has 0 bridgehead atoms. The first-order valence-corrected chi connectivity index (χ1v) is 7.53. The van der Waals surface area contributed by atoms with E-state index in [0.29, 0.717) is 11.2 Å². The second-order valence-electron chi connectivity index (χ2n) is 3.95. The summed E-state index contributed by atoms with van der Waals surface area (Å²) in [7, 11) is 0. The van der Waals surface area contributed by atoms with Gasteiger partial charge in [0, 0.05) is 35.0 Å². The Hall–Kier alpha value is 0.620. The van der Waals surface area contributed by atoms with E-state index in [-0.39, 0.29) is 6.10 Å². The van der Waals surface area contributed by atoms with Crippen molar-refractivity contribution in [3.8, 4) is 0 Å². The summed E-state index contributed by atoms with van der Waals surface area (Å²) in [5.41, 5.74) is 0. The van der Waals surface area contributed by atoms with Crippen LogP contribution in [0.4, 0.5) is 0 Å². The average molecular weight is 234 g/mol. The zero-order valence-corrected chi connectivity index (χ0v) is 9.99. The number of rotatable bonds is 2. The number of aliphatic hydroxyl groups excluding tert-OH is 1. The van der Waals surface area contributed by atoms with Crippen LogP contribution in [0.5, 0.6) is 0 Å². The molecule has 0 spiro atoms. The standard InChI is InChI=1S/C10H18O2S2/c11-10(8-2-1-3-12-6-8)9-7-13-4-5-14-9/h8-11H,1-7H2. The fourth-order valence-corrected chi connectivity index (χ4v) is 4.89. The van der Waals surface area contributed by atoms with E-state index in [1.807, 2.05) is 23.5 Å². The molecule has 2 nitrogen and oxygen atoms in total. The molecule has 2 aliphatic heterocycles. The van der Waals surface area contributed by atoms with Crippen molar-refractivity contribution in [2.75, 3.05) is 30.5 Å². The van der Waals surface area contributed by atoms with Gasteiger partial charge in [-0.05, 0) is 12.8 Å². The van der Waals surface area contributed by atoms with E-state index in [0.717, 1.165) is 31.8 Å². The SMILES string of the molecule is OC(C1CCCOC1)C1CSCCS1. The van der Waals surface area contributed by atoms with Crippen LogP contribution in [0, 0.1) is 5.92 Å². The molecular weight excluding hydrogens is 216 g/mol. The first-order valence-electron chi connectivity index (χ1n) is 5.33. The van der Waals surface area contributed by atoms with Crippen molar-refractivity contribution in [2.24, 2.45) is 5.92 Å². The highest BCUT2D eigenvalue weighted by Gasteiger charge is 2.30. The lowest BCUT2D eigenvalue weighted by Gasteiger charge is -2.33. The fraction of sp³-hybridized carbons (Fsp3) is 1.00. The van der Waals surface area contributed by atoms with Gasteiger partial charge in [0.1, 0.15) is 0 Å². The molecule has 0 amide bonds. The molecule has 0 radical (unpaired) electrons. The third-order valence-corrected chi connectivity index (χ3v) is 5.77. The quantitative estimate of drug-likeness (QED) is 0.786. The Morgan fingerprint density at radius 2 is 2.29 bits per heavy atom. The summed E-state index contributed by atoms with van der Waals surface area (Å²) in [4.78, 5) is 0. The van der Waals surface area contributed by atoms with Crippen molar-refractivity contribution in [3.63, 3.8) is 0 Å². The number of hydrogen-bond acceptors (Lipinski definition) is 4. The van der Waals surface area contributed by atoms with Gasteiger partial charge < -0.3 is 9.84 Å². The number of hydrogen-bond donors (Lipinski definition) is 1. The maximum absolute atomic E-state index is 10.2. The molecular formula is C10H18O2S2. The molecule has 0 aromatic heterocycles. The minimum absolute atomic E-state index is 0.145. The van der Waals surface area contributed by atoms with Crippen molar-refractivity contribution in [1.82, 2.24) is 0 Å². The largest absolute Gasteiger partial charge is 0.392 e. The van der Waals surface area contributed by atoms with Crippen LogP contribution in [-0.2, 0) is 4.74 Å². The maximum atomic E-state index is 10.2. The molecule has 2 aliphatic rings. The van der Waals surface area contributed by atoms with Gasteiger partial charge in [-0.25, -0.2) is 0 Å². The van der Waals surface area contributed by atoms with Crippen LogP contribution in [0.15, 0.2) is 0 Å². The molecule has 14 heavy (non-hydrogen) atoms. The Labute approximate surface area is 94.2 Å². The first kappa shape index (κ1) is 11.1. The molecule has 3 atom stereocenters. The van der Waals surface area contributed by atoms with E-state index in [4.69, 9.17) is 4.74 Å². The lowest BCUT2D eigenvalue weighted by atomic mass is 9.94. The topological polar surface area (TPSA) is 29.5 Å². The number of ether oxygens (including phenoxy) is 1. The van der Waals surface area contributed by atoms with Crippen molar-refractivity contribution in [3.05, 3.63) is 0 Å². The molecule has 2 fully saturated rings. The van der Waals surface area contributed by atoms with Gasteiger partial charge in [-0.1, -0.05) is 0 Å². The third kappa shape index (κ3) is 2.81.